The third-order valence-electron chi connectivity index (χ3n) is 11.8. The van der Waals surface area contributed by atoms with E-state index in [2.05, 4.69) is 18.8 Å². The van der Waals surface area contributed by atoms with Crippen molar-refractivity contribution in [1.29, 1.82) is 0 Å². The normalized spacial score (nSPS) is 27.7. The van der Waals surface area contributed by atoms with Crippen LogP contribution in [0.2, 0.25) is 0 Å². The molecule has 1 N–H and O–H groups in total. The van der Waals surface area contributed by atoms with Crippen molar-refractivity contribution in [3.63, 3.8) is 0 Å². The van der Waals surface area contributed by atoms with Crippen LogP contribution >= 0.6 is 0 Å². The largest absolute Gasteiger partial charge is 0.374 e. The third kappa shape index (κ3) is 14.3. The lowest BCUT2D eigenvalue weighted by Gasteiger charge is -2.52. The summed E-state index contributed by atoms with van der Waals surface area (Å²) in [7, 11) is 0. The molecule has 3 aliphatic rings. The molecule has 11 atom stereocenters. The van der Waals surface area contributed by atoms with Gasteiger partial charge in [-0.05, 0) is 23.1 Å². The van der Waals surface area contributed by atoms with Crippen molar-refractivity contribution in [3.8, 4) is 0 Å². The molecule has 0 radical (unpaired) electrons. The van der Waals surface area contributed by atoms with Crippen LogP contribution in [0, 0.1) is 0 Å². The van der Waals surface area contributed by atoms with Crippen LogP contribution in [-0.4, -0.2) is 93.7 Å². The van der Waals surface area contributed by atoms with E-state index < -0.39 is 67.6 Å². The summed E-state index contributed by atoms with van der Waals surface area (Å²) in [5.74, 6) is -0.278. The number of ether oxygens (including phenoxy) is 10. The van der Waals surface area contributed by atoms with Gasteiger partial charge in [0.2, 0.25) is 5.91 Å². The lowest BCUT2D eigenvalue weighted by atomic mass is 9.94. The van der Waals surface area contributed by atoms with E-state index in [0.29, 0.717) is 13.2 Å². The molecule has 4 aromatic rings. The molecule has 3 heterocycles. The highest BCUT2D eigenvalue weighted by Crippen LogP contribution is 2.39. The molecule has 3 fully saturated rings. The van der Waals surface area contributed by atoms with Crippen LogP contribution in [0.4, 0.5) is 0 Å². The SMILES string of the molecule is C=CCO[C@H]1[C@H](O[C@@H]2[C@@H](NC(C)=O)[C@H](OCCCCCCCC)O[C@@H]3CO[C@@H](c4ccccc4)O[C@@H]23)O[C@H](COCc2ccccc2)[C@H](OCc2ccccc2)[C@@H]1OCc1ccccc1. The van der Waals surface area contributed by atoms with E-state index in [-0.39, 0.29) is 38.9 Å². The number of fused-ring (bicyclic) bond motifs is 1. The predicted molar refractivity (Wildman–Crippen MR) is 245 cm³/mol. The zero-order valence-electron chi connectivity index (χ0n) is 37.9. The van der Waals surface area contributed by atoms with Gasteiger partial charge in [0.25, 0.3) is 0 Å². The Hall–Kier alpha value is -4.31. The van der Waals surface area contributed by atoms with Crippen molar-refractivity contribution in [1.82, 2.24) is 5.32 Å². The molecule has 1 amide bonds. The molecular weight excluding hydrogens is 827 g/mol. The Morgan fingerprint density at radius 1 is 0.662 bits per heavy atom. The van der Waals surface area contributed by atoms with Crippen LogP contribution in [0.3, 0.4) is 0 Å². The van der Waals surface area contributed by atoms with E-state index in [1.54, 1.807) is 6.08 Å². The molecule has 0 bridgehead atoms. The van der Waals surface area contributed by atoms with Crippen molar-refractivity contribution < 1.29 is 52.2 Å². The third-order valence-corrected chi connectivity index (χ3v) is 11.8. The summed E-state index contributed by atoms with van der Waals surface area (Å²) in [5, 5.41) is 3.13. The molecule has 4 aromatic carbocycles. The first-order valence-corrected chi connectivity index (χ1v) is 23.3. The number of hydrogen-bond acceptors (Lipinski definition) is 11. The van der Waals surface area contributed by atoms with E-state index in [0.717, 1.165) is 41.5 Å². The molecule has 3 aliphatic heterocycles. The highest BCUT2D eigenvalue weighted by molar-refractivity contribution is 5.73. The van der Waals surface area contributed by atoms with Gasteiger partial charge in [-0.25, -0.2) is 0 Å². The van der Waals surface area contributed by atoms with Gasteiger partial charge in [0.1, 0.15) is 48.8 Å². The summed E-state index contributed by atoms with van der Waals surface area (Å²) >= 11 is 0. The number of unbranched alkanes of at least 4 members (excludes halogenated alkanes) is 5. The standard InChI is InChI=1S/C53H67NO11/c1-4-6-7-8-9-22-32-58-52-45(54-38(3)55)48(47-44(62-52)37-61-51(64-47)42-29-20-13-21-30-42)65-53-50(57-31-5-2)49(60-35-41-27-18-12-19-28-41)46(59-34-40-25-16-11-17-26-40)43(63-53)36-56-33-39-23-14-10-15-24-39/h5,10-21,23-30,43-53H,2,4,6-9,22,31-37H2,1,3H3,(H,54,55)/t43-,44-,45-,46+,47-,48-,49+,50-,51-,52-,53+/m1/s1. The lowest BCUT2D eigenvalue weighted by Crippen LogP contribution is -2.70. The van der Waals surface area contributed by atoms with Gasteiger partial charge in [-0.2, -0.15) is 0 Å². The van der Waals surface area contributed by atoms with Crippen LogP contribution < -0.4 is 5.32 Å². The van der Waals surface area contributed by atoms with Crippen LogP contribution in [0.5, 0.6) is 0 Å². The molecule has 0 spiro atoms. The predicted octanol–water partition coefficient (Wildman–Crippen LogP) is 8.78. The fraction of sp³-hybridized carbons (Fsp3) is 0.491. The number of hydrogen-bond donors (Lipinski definition) is 1. The zero-order chi connectivity index (χ0) is 45.1. The van der Waals surface area contributed by atoms with Gasteiger partial charge < -0.3 is 52.7 Å². The van der Waals surface area contributed by atoms with Crippen LogP contribution in [0.1, 0.15) is 80.9 Å². The maximum atomic E-state index is 13.2. The second kappa shape index (κ2) is 26.1. The maximum absolute atomic E-state index is 13.2. The molecule has 7 rings (SSSR count). The summed E-state index contributed by atoms with van der Waals surface area (Å²) in [6, 6.07) is 38.9. The topological polar surface area (TPSA) is 121 Å². The average Bonchev–Trinajstić information content (AvgIpc) is 3.34. The van der Waals surface area contributed by atoms with E-state index in [1.165, 1.54) is 26.2 Å². The fourth-order valence-electron chi connectivity index (χ4n) is 8.55. The van der Waals surface area contributed by atoms with Crippen LogP contribution in [0.25, 0.3) is 0 Å². The van der Waals surface area contributed by atoms with Crippen molar-refractivity contribution in [2.24, 2.45) is 0 Å². The van der Waals surface area contributed by atoms with E-state index in [9.17, 15) is 4.79 Å². The molecule has 0 unspecified atom stereocenters. The smallest absolute Gasteiger partial charge is 0.217 e. The van der Waals surface area contributed by atoms with Crippen molar-refractivity contribution in [2.45, 2.75) is 140 Å². The second-order valence-electron chi connectivity index (χ2n) is 16.8. The Morgan fingerprint density at radius 2 is 1.26 bits per heavy atom. The molecule has 350 valence electrons. The second-order valence-corrected chi connectivity index (χ2v) is 16.8. The maximum Gasteiger partial charge on any atom is 0.217 e. The Kier molecular flexibility index (Phi) is 19.6. The molecule has 0 aliphatic carbocycles. The van der Waals surface area contributed by atoms with E-state index in [1.807, 2.05) is 121 Å². The van der Waals surface area contributed by atoms with Gasteiger partial charge in [0, 0.05) is 19.1 Å². The molecule has 0 aromatic heterocycles. The quantitative estimate of drug-likeness (QED) is 0.0508. The Labute approximate surface area is 384 Å². The minimum atomic E-state index is -1.08. The monoisotopic (exact) mass is 893 g/mol. The van der Waals surface area contributed by atoms with E-state index in [4.69, 9.17) is 47.4 Å². The van der Waals surface area contributed by atoms with Gasteiger partial charge in [-0.1, -0.05) is 166 Å². The number of rotatable bonds is 25. The summed E-state index contributed by atoms with van der Waals surface area (Å²) in [4.78, 5) is 13.2. The summed E-state index contributed by atoms with van der Waals surface area (Å²) in [6.45, 7) is 9.50. The minimum absolute atomic E-state index is 0.146. The van der Waals surface area contributed by atoms with Gasteiger partial charge in [-0.3, -0.25) is 4.79 Å². The van der Waals surface area contributed by atoms with Crippen LogP contribution in [-0.2, 0) is 72.0 Å². The number of carbonyl (C=O) groups excluding carboxylic acids is 1. The van der Waals surface area contributed by atoms with Gasteiger partial charge in [0.15, 0.2) is 18.9 Å². The number of carbonyl (C=O) groups is 1. The Balaban J connectivity index is 1.23. The van der Waals surface area contributed by atoms with Crippen molar-refractivity contribution in [3.05, 3.63) is 156 Å². The minimum Gasteiger partial charge on any atom is -0.374 e. The van der Waals surface area contributed by atoms with Crippen LogP contribution in [0.15, 0.2) is 134 Å². The first kappa shape index (κ1) is 48.6. The molecule has 0 saturated carbocycles. The summed E-state index contributed by atoms with van der Waals surface area (Å²) in [6.07, 6.45) is 0.414. The summed E-state index contributed by atoms with van der Waals surface area (Å²) in [5.41, 5.74) is 3.82. The highest BCUT2D eigenvalue weighted by atomic mass is 16.8. The first-order valence-electron chi connectivity index (χ1n) is 23.3. The Bertz CT molecular complexity index is 1940. The molecular formula is C53H67NO11. The average molecular weight is 894 g/mol. The highest BCUT2D eigenvalue weighted by Gasteiger charge is 2.56. The summed E-state index contributed by atoms with van der Waals surface area (Å²) < 4.78 is 67.4. The molecule has 12 nitrogen and oxygen atoms in total. The number of benzene rings is 4. The Morgan fingerprint density at radius 3 is 1.89 bits per heavy atom. The van der Waals surface area contributed by atoms with Crippen molar-refractivity contribution in [2.75, 3.05) is 26.4 Å². The van der Waals surface area contributed by atoms with Gasteiger partial charge in [0.05, 0.1) is 39.6 Å². The fourth-order valence-corrected chi connectivity index (χ4v) is 8.55. The molecule has 12 heteroatoms. The lowest BCUT2D eigenvalue weighted by molar-refractivity contribution is -0.383. The molecule has 3 saturated heterocycles. The van der Waals surface area contributed by atoms with Crippen molar-refractivity contribution >= 4 is 5.91 Å². The first-order chi connectivity index (χ1) is 32.0. The number of amides is 1. The van der Waals surface area contributed by atoms with Gasteiger partial charge >= 0.3 is 0 Å². The number of nitrogens with one attached hydrogen (secondary N) is 1. The van der Waals surface area contributed by atoms with Gasteiger partial charge in [-0.15, -0.1) is 6.58 Å². The molecule has 65 heavy (non-hydrogen) atoms. The van der Waals surface area contributed by atoms with E-state index >= 15 is 0 Å². The zero-order valence-corrected chi connectivity index (χ0v) is 37.9.